The van der Waals surface area contributed by atoms with Crippen LogP contribution in [0.3, 0.4) is 0 Å². The normalized spacial score (nSPS) is 12.7. The molecule has 1 heterocycles. The molecule has 0 atom stereocenters. The van der Waals surface area contributed by atoms with E-state index in [0.717, 1.165) is 5.56 Å². The highest BCUT2D eigenvalue weighted by Gasteiger charge is 2.21. The van der Waals surface area contributed by atoms with Crippen molar-refractivity contribution in [3.05, 3.63) is 51.8 Å². The summed E-state index contributed by atoms with van der Waals surface area (Å²) in [6, 6.07) is 9.73. The number of benzene rings is 1. The van der Waals surface area contributed by atoms with Crippen LogP contribution in [-0.2, 0) is 18.9 Å². The van der Waals surface area contributed by atoms with Gasteiger partial charge in [-0.05, 0) is 23.0 Å². The van der Waals surface area contributed by atoms with E-state index < -0.39 is 0 Å². The Morgan fingerprint density at radius 3 is 2.29 bits per heavy atom. The number of hydrogen-bond acceptors (Lipinski definition) is 3. The fourth-order valence-corrected chi connectivity index (χ4v) is 2.93. The second-order valence-corrected chi connectivity index (χ2v) is 7.13. The third-order valence-electron chi connectivity index (χ3n) is 4.00. The molecule has 0 saturated carbocycles. The molecule has 1 N–H and O–H groups in total. The van der Waals surface area contributed by atoms with Gasteiger partial charge in [0.1, 0.15) is 17.3 Å². The summed E-state index contributed by atoms with van der Waals surface area (Å²) in [6.45, 7) is 8.32. The molecule has 1 aromatic carbocycles. The zero-order valence-electron chi connectivity index (χ0n) is 14.7. The predicted octanol–water partition coefficient (Wildman–Crippen LogP) is 4.88. The molecule has 0 aliphatic rings. The van der Waals surface area contributed by atoms with Crippen molar-refractivity contribution in [3.63, 3.8) is 0 Å². The number of nitrogens with zero attached hydrogens (tertiary/aromatic N) is 3. The topological polar surface area (TPSA) is 61.8 Å². The van der Waals surface area contributed by atoms with Gasteiger partial charge in [-0.1, -0.05) is 63.6 Å². The van der Waals surface area contributed by atoms with E-state index in [1.54, 1.807) is 7.05 Å². The van der Waals surface area contributed by atoms with Gasteiger partial charge in [-0.2, -0.15) is 10.4 Å². The Bertz CT molecular complexity index is 818. The van der Waals surface area contributed by atoms with E-state index in [0.29, 0.717) is 28.4 Å². The molecule has 0 spiro atoms. The first-order valence-corrected chi connectivity index (χ1v) is 8.24. The van der Waals surface area contributed by atoms with Crippen LogP contribution in [0.5, 0.6) is 0 Å². The third kappa shape index (κ3) is 3.32. The van der Waals surface area contributed by atoms with Crippen molar-refractivity contribution in [1.82, 2.24) is 9.78 Å². The Hall–Kier alpha value is -2.25. The highest BCUT2D eigenvalue weighted by Crippen LogP contribution is 2.32. The molecule has 2 aromatic rings. The van der Waals surface area contributed by atoms with Crippen molar-refractivity contribution < 1.29 is 5.11 Å². The first-order chi connectivity index (χ1) is 11.2. The maximum absolute atomic E-state index is 10.6. The monoisotopic (exact) mass is 343 g/mol. The summed E-state index contributed by atoms with van der Waals surface area (Å²) in [5.41, 5.74) is 3.08. The maximum Gasteiger partial charge on any atom is 0.160 e. The number of rotatable bonds is 3. The Morgan fingerprint density at radius 1 is 1.29 bits per heavy atom. The third-order valence-corrected chi connectivity index (χ3v) is 4.40. The molecule has 2 rings (SSSR count). The molecule has 0 bridgehead atoms. The molecule has 1 aromatic heterocycles. The van der Waals surface area contributed by atoms with Gasteiger partial charge in [-0.15, -0.1) is 0 Å². The summed E-state index contributed by atoms with van der Waals surface area (Å²) in [4.78, 5) is 0. The van der Waals surface area contributed by atoms with Crippen LogP contribution in [0.4, 0.5) is 0 Å². The Balaban J connectivity index is 2.56. The highest BCUT2D eigenvalue weighted by molar-refractivity contribution is 6.33. The second kappa shape index (κ2) is 6.70. The summed E-state index contributed by atoms with van der Waals surface area (Å²) in [6.07, 6.45) is 0.655. The quantitative estimate of drug-likeness (QED) is 0.638. The van der Waals surface area contributed by atoms with Crippen LogP contribution >= 0.6 is 11.6 Å². The molecule has 0 aliphatic heterocycles. The molecule has 0 saturated heterocycles. The van der Waals surface area contributed by atoms with E-state index in [4.69, 9.17) is 11.6 Å². The molecule has 0 amide bonds. The summed E-state index contributed by atoms with van der Waals surface area (Å²) < 4.78 is 1.51. The van der Waals surface area contributed by atoms with Crippen molar-refractivity contribution in [1.29, 1.82) is 5.26 Å². The molecule has 5 heteroatoms. The Labute approximate surface area is 148 Å². The molecule has 0 radical (unpaired) electrons. The van der Waals surface area contributed by atoms with E-state index in [1.165, 1.54) is 4.68 Å². The van der Waals surface area contributed by atoms with Crippen LogP contribution in [0.1, 0.15) is 50.2 Å². The summed E-state index contributed by atoms with van der Waals surface area (Å²) >= 11 is 6.31. The van der Waals surface area contributed by atoms with E-state index in [2.05, 4.69) is 31.9 Å². The minimum Gasteiger partial charge on any atom is -0.504 e. The van der Waals surface area contributed by atoms with Crippen LogP contribution in [0.15, 0.2) is 24.3 Å². The molecule has 24 heavy (non-hydrogen) atoms. The van der Waals surface area contributed by atoms with E-state index in [1.807, 2.05) is 31.2 Å². The molecule has 0 unspecified atom stereocenters. The lowest BCUT2D eigenvalue weighted by molar-refractivity contribution is 0.503. The fraction of sp³-hybridized carbons (Fsp3) is 0.368. The number of aliphatic hydroxyl groups is 1. The largest absolute Gasteiger partial charge is 0.504 e. The van der Waals surface area contributed by atoms with Gasteiger partial charge < -0.3 is 5.11 Å². The summed E-state index contributed by atoms with van der Waals surface area (Å²) in [5.74, 6) is -0.152. The van der Waals surface area contributed by atoms with Gasteiger partial charge in [0.05, 0.1) is 10.7 Å². The number of halogens is 1. The summed E-state index contributed by atoms with van der Waals surface area (Å²) in [5, 5.41) is 24.9. The van der Waals surface area contributed by atoms with Crippen molar-refractivity contribution in [2.24, 2.45) is 7.05 Å². The maximum atomic E-state index is 10.6. The van der Waals surface area contributed by atoms with Gasteiger partial charge in [-0.3, -0.25) is 4.68 Å². The molecule has 4 nitrogen and oxygen atoms in total. The van der Waals surface area contributed by atoms with Gasteiger partial charge in [0.2, 0.25) is 0 Å². The molecular formula is C19H22ClN3O. The number of aryl methyl sites for hydroxylation is 2. The fourth-order valence-electron chi connectivity index (χ4n) is 2.55. The van der Waals surface area contributed by atoms with Crippen LogP contribution in [0.25, 0.3) is 11.3 Å². The van der Waals surface area contributed by atoms with Crippen molar-refractivity contribution in [2.75, 3.05) is 0 Å². The average Bonchev–Trinajstić information content (AvgIpc) is 2.81. The average molecular weight is 344 g/mol. The number of hydrogen-bond donors (Lipinski definition) is 1. The minimum atomic E-state index is -0.152. The second-order valence-electron chi connectivity index (χ2n) is 6.75. The standard InChI is InChI=1S/C19H22ClN3O/c1-6-15-16(20)17(23(5)22-15)18(24)14(11-21)12-7-9-13(10-8-12)19(2,3)4/h7-10,24H,6H2,1-5H3. The van der Waals surface area contributed by atoms with E-state index in [-0.39, 0.29) is 16.7 Å². The molecule has 0 aliphatic carbocycles. The highest BCUT2D eigenvalue weighted by atomic mass is 35.5. The van der Waals surface area contributed by atoms with Gasteiger partial charge in [0.25, 0.3) is 0 Å². The lowest BCUT2D eigenvalue weighted by Gasteiger charge is -2.19. The number of aliphatic hydroxyl groups excluding tert-OH is 1. The van der Waals surface area contributed by atoms with Crippen LogP contribution < -0.4 is 0 Å². The smallest absolute Gasteiger partial charge is 0.160 e. The van der Waals surface area contributed by atoms with Gasteiger partial charge in [0.15, 0.2) is 5.76 Å². The zero-order valence-corrected chi connectivity index (χ0v) is 15.4. The first kappa shape index (κ1) is 18.1. The molecule has 126 valence electrons. The van der Waals surface area contributed by atoms with E-state index >= 15 is 0 Å². The first-order valence-electron chi connectivity index (χ1n) is 7.86. The lowest BCUT2D eigenvalue weighted by Crippen LogP contribution is -2.10. The summed E-state index contributed by atoms with van der Waals surface area (Å²) in [7, 11) is 1.70. The lowest BCUT2D eigenvalue weighted by atomic mass is 9.86. The number of nitriles is 1. The Morgan fingerprint density at radius 2 is 1.88 bits per heavy atom. The van der Waals surface area contributed by atoms with Gasteiger partial charge >= 0.3 is 0 Å². The predicted molar refractivity (Wildman–Crippen MR) is 97.8 cm³/mol. The van der Waals surface area contributed by atoms with Crippen LogP contribution in [-0.4, -0.2) is 14.9 Å². The zero-order chi connectivity index (χ0) is 18.1. The van der Waals surface area contributed by atoms with Gasteiger partial charge in [0, 0.05) is 7.05 Å². The van der Waals surface area contributed by atoms with Crippen LogP contribution in [0.2, 0.25) is 5.02 Å². The van der Waals surface area contributed by atoms with Crippen molar-refractivity contribution >= 4 is 22.9 Å². The van der Waals surface area contributed by atoms with Crippen LogP contribution in [0, 0.1) is 11.3 Å². The molecule has 0 fully saturated rings. The van der Waals surface area contributed by atoms with Crippen molar-refractivity contribution in [2.45, 2.75) is 39.5 Å². The SMILES string of the molecule is CCc1nn(C)c(C(O)=C(C#N)c2ccc(C(C)(C)C)cc2)c1Cl. The Kier molecular flexibility index (Phi) is 5.05. The van der Waals surface area contributed by atoms with Crippen molar-refractivity contribution in [3.8, 4) is 6.07 Å². The number of allylic oxidation sites excluding steroid dienone is 1. The number of aromatic nitrogens is 2. The minimum absolute atomic E-state index is 0.0263. The molecular weight excluding hydrogens is 322 g/mol. The van der Waals surface area contributed by atoms with Gasteiger partial charge in [-0.25, -0.2) is 0 Å². The van der Waals surface area contributed by atoms with E-state index in [9.17, 15) is 10.4 Å².